The first kappa shape index (κ1) is 15.5. The molecule has 19 heavy (non-hydrogen) atoms. The average molecular weight is 309 g/mol. The Kier molecular flexibility index (Phi) is 5.15. The minimum Gasteiger partial charge on any atom is -0.195 e. The molecule has 2 fully saturated rings. The molecule has 1 saturated heterocycles. The third-order valence-electron chi connectivity index (χ3n) is 4.49. The van der Waals surface area contributed by atoms with Crippen molar-refractivity contribution in [2.75, 3.05) is 19.0 Å². The van der Waals surface area contributed by atoms with Crippen molar-refractivity contribution in [1.29, 1.82) is 0 Å². The summed E-state index contributed by atoms with van der Waals surface area (Å²) in [5.41, 5.74) is -0.415. The van der Waals surface area contributed by atoms with E-state index in [1.54, 1.807) is 4.31 Å². The van der Waals surface area contributed by atoms with E-state index in [1.807, 2.05) is 0 Å². The summed E-state index contributed by atoms with van der Waals surface area (Å²) >= 11 is 6.06. The lowest BCUT2D eigenvalue weighted by Gasteiger charge is -2.39. The van der Waals surface area contributed by atoms with Gasteiger partial charge in [-0.2, -0.15) is 17.4 Å². The van der Waals surface area contributed by atoms with Crippen LogP contribution >= 0.6 is 11.6 Å². The Labute approximate surface area is 122 Å². The van der Waals surface area contributed by atoms with Gasteiger partial charge in [0.05, 0.1) is 0 Å². The molecular formula is C13H25ClN2O2S. The Morgan fingerprint density at radius 2 is 1.79 bits per heavy atom. The van der Waals surface area contributed by atoms with E-state index in [1.165, 1.54) is 6.42 Å². The van der Waals surface area contributed by atoms with Crippen LogP contribution in [0.3, 0.4) is 0 Å². The van der Waals surface area contributed by atoms with Crippen LogP contribution in [0.2, 0.25) is 0 Å². The Morgan fingerprint density at radius 1 is 1.21 bits per heavy atom. The SMILES string of the molecule is CC1CCN(S(=O)(=O)NC2(CCl)CCCCC2)CC1. The quantitative estimate of drug-likeness (QED) is 0.811. The minimum atomic E-state index is -3.38. The van der Waals surface area contributed by atoms with Gasteiger partial charge in [-0.25, -0.2) is 0 Å². The lowest BCUT2D eigenvalue weighted by atomic mass is 9.84. The number of nitrogens with zero attached hydrogens (tertiary/aromatic N) is 1. The highest BCUT2D eigenvalue weighted by molar-refractivity contribution is 7.87. The molecule has 2 aliphatic rings. The lowest BCUT2D eigenvalue weighted by Crippen LogP contribution is -2.56. The Balaban J connectivity index is 2.03. The molecule has 0 aromatic rings. The Morgan fingerprint density at radius 3 is 2.32 bits per heavy atom. The molecule has 0 aromatic heterocycles. The van der Waals surface area contributed by atoms with Gasteiger partial charge in [0, 0.05) is 24.5 Å². The van der Waals surface area contributed by atoms with Crippen LogP contribution in [-0.2, 0) is 10.2 Å². The standard InChI is InChI=1S/C13H25ClN2O2S/c1-12-5-9-16(10-6-12)19(17,18)15-13(11-14)7-3-2-4-8-13/h12,15H,2-11H2,1H3. The molecule has 0 aromatic carbocycles. The molecule has 1 heterocycles. The van der Waals surface area contributed by atoms with Crippen LogP contribution in [0.25, 0.3) is 0 Å². The van der Waals surface area contributed by atoms with Crippen molar-refractivity contribution in [3.63, 3.8) is 0 Å². The zero-order valence-corrected chi connectivity index (χ0v) is 13.3. The zero-order valence-electron chi connectivity index (χ0n) is 11.7. The van der Waals surface area contributed by atoms with Gasteiger partial charge in [-0.3, -0.25) is 0 Å². The first-order valence-corrected chi connectivity index (χ1v) is 9.30. The third-order valence-corrected chi connectivity index (χ3v) is 6.74. The second kappa shape index (κ2) is 6.29. The van der Waals surface area contributed by atoms with Gasteiger partial charge in [-0.1, -0.05) is 26.2 Å². The largest absolute Gasteiger partial charge is 0.279 e. The van der Waals surface area contributed by atoms with Crippen LogP contribution in [-0.4, -0.2) is 37.2 Å². The summed E-state index contributed by atoms with van der Waals surface area (Å²) in [5.74, 6) is 0.999. The third kappa shape index (κ3) is 3.84. The zero-order chi connectivity index (χ0) is 13.9. The lowest BCUT2D eigenvalue weighted by molar-refractivity contribution is 0.260. The summed E-state index contributed by atoms with van der Waals surface area (Å²) in [6, 6.07) is 0. The van der Waals surface area contributed by atoms with Crippen LogP contribution in [0.1, 0.15) is 51.9 Å². The van der Waals surface area contributed by atoms with Crippen molar-refractivity contribution < 1.29 is 8.42 Å². The average Bonchev–Trinajstić information content (AvgIpc) is 2.40. The number of rotatable bonds is 4. The summed E-state index contributed by atoms with van der Waals surface area (Å²) in [4.78, 5) is 0. The van der Waals surface area contributed by atoms with Gasteiger partial charge in [0.15, 0.2) is 0 Å². The second-order valence-corrected chi connectivity index (χ2v) is 8.10. The van der Waals surface area contributed by atoms with Gasteiger partial charge in [0.1, 0.15) is 0 Å². The fourth-order valence-electron chi connectivity index (χ4n) is 3.05. The number of piperidine rings is 1. The predicted molar refractivity (Wildman–Crippen MR) is 78.6 cm³/mol. The molecule has 1 N–H and O–H groups in total. The summed E-state index contributed by atoms with van der Waals surface area (Å²) in [5, 5.41) is 0. The molecule has 0 unspecified atom stereocenters. The van der Waals surface area contributed by atoms with Crippen molar-refractivity contribution >= 4 is 21.8 Å². The van der Waals surface area contributed by atoms with Crippen molar-refractivity contribution in [2.45, 2.75) is 57.4 Å². The normalized spacial score (nSPS) is 26.4. The van der Waals surface area contributed by atoms with Crippen LogP contribution in [0.15, 0.2) is 0 Å². The van der Waals surface area contributed by atoms with E-state index in [-0.39, 0.29) is 0 Å². The van der Waals surface area contributed by atoms with Crippen molar-refractivity contribution in [1.82, 2.24) is 9.03 Å². The summed E-state index contributed by atoms with van der Waals surface area (Å²) in [6.45, 7) is 3.45. The molecule has 6 heteroatoms. The minimum absolute atomic E-state index is 0.372. The van der Waals surface area contributed by atoms with E-state index in [2.05, 4.69) is 11.6 Å². The summed E-state index contributed by atoms with van der Waals surface area (Å²) in [6.07, 6.45) is 6.93. The maximum atomic E-state index is 12.5. The fourth-order valence-corrected chi connectivity index (χ4v) is 5.11. The summed E-state index contributed by atoms with van der Waals surface area (Å²) < 4.78 is 29.5. The topological polar surface area (TPSA) is 49.4 Å². The number of hydrogen-bond donors (Lipinski definition) is 1. The highest BCUT2D eigenvalue weighted by Crippen LogP contribution is 2.31. The van der Waals surface area contributed by atoms with Gasteiger partial charge < -0.3 is 0 Å². The smallest absolute Gasteiger partial charge is 0.195 e. The fraction of sp³-hybridized carbons (Fsp3) is 1.00. The first-order chi connectivity index (χ1) is 8.97. The van der Waals surface area contributed by atoms with Crippen molar-refractivity contribution in [2.24, 2.45) is 5.92 Å². The van der Waals surface area contributed by atoms with Crippen LogP contribution in [0.4, 0.5) is 0 Å². The van der Waals surface area contributed by atoms with E-state index in [0.29, 0.717) is 24.9 Å². The van der Waals surface area contributed by atoms with Crippen LogP contribution in [0, 0.1) is 5.92 Å². The number of halogens is 1. The molecule has 4 nitrogen and oxygen atoms in total. The first-order valence-electron chi connectivity index (χ1n) is 7.32. The highest BCUT2D eigenvalue weighted by atomic mass is 35.5. The van der Waals surface area contributed by atoms with Crippen LogP contribution in [0.5, 0.6) is 0 Å². The highest BCUT2D eigenvalue weighted by Gasteiger charge is 2.38. The second-order valence-electron chi connectivity index (χ2n) is 6.16. The van der Waals surface area contributed by atoms with Crippen molar-refractivity contribution in [3.05, 3.63) is 0 Å². The molecule has 2 rings (SSSR count). The molecule has 0 radical (unpaired) electrons. The molecule has 1 saturated carbocycles. The van der Waals surface area contributed by atoms with Crippen molar-refractivity contribution in [3.8, 4) is 0 Å². The number of hydrogen-bond acceptors (Lipinski definition) is 2. The van der Waals surface area contributed by atoms with Gasteiger partial charge in [0.2, 0.25) is 0 Å². The number of nitrogens with one attached hydrogen (secondary N) is 1. The van der Waals surface area contributed by atoms with Gasteiger partial charge in [-0.15, -0.1) is 11.6 Å². The molecule has 0 amide bonds. The van der Waals surface area contributed by atoms with E-state index >= 15 is 0 Å². The Bertz CT molecular complexity index is 385. The van der Waals surface area contributed by atoms with Gasteiger partial charge in [-0.05, 0) is 31.6 Å². The molecule has 1 aliphatic carbocycles. The molecule has 112 valence electrons. The number of alkyl halides is 1. The summed E-state index contributed by atoms with van der Waals surface area (Å²) in [7, 11) is -3.38. The van der Waals surface area contributed by atoms with Gasteiger partial charge >= 0.3 is 0 Å². The van der Waals surface area contributed by atoms with Crippen LogP contribution < -0.4 is 4.72 Å². The monoisotopic (exact) mass is 308 g/mol. The van der Waals surface area contributed by atoms with Gasteiger partial charge in [0.25, 0.3) is 10.2 Å². The molecular weight excluding hydrogens is 284 g/mol. The maximum absolute atomic E-state index is 12.5. The molecule has 0 atom stereocenters. The molecule has 0 spiro atoms. The van der Waals surface area contributed by atoms with E-state index in [9.17, 15) is 8.42 Å². The van der Waals surface area contributed by atoms with E-state index in [0.717, 1.165) is 38.5 Å². The molecule has 0 bridgehead atoms. The van der Waals surface area contributed by atoms with E-state index < -0.39 is 15.7 Å². The Hall–Kier alpha value is 0.160. The maximum Gasteiger partial charge on any atom is 0.279 e. The van der Waals surface area contributed by atoms with E-state index in [4.69, 9.17) is 11.6 Å². The molecule has 1 aliphatic heterocycles. The predicted octanol–water partition coefficient (Wildman–Crippen LogP) is 2.49.